The molecular weight excluding hydrogens is 510 g/mol. The van der Waals surface area contributed by atoms with Gasteiger partial charge < -0.3 is 4.74 Å². The Labute approximate surface area is 209 Å². The summed E-state index contributed by atoms with van der Waals surface area (Å²) in [5.74, 6) is -0.806. The summed E-state index contributed by atoms with van der Waals surface area (Å²) >= 11 is 0. The fourth-order valence-electron chi connectivity index (χ4n) is 3.49. The molecule has 0 heterocycles. The van der Waals surface area contributed by atoms with Gasteiger partial charge in [0.1, 0.15) is 6.10 Å². The first kappa shape index (κ1) is 27.4. The zero-order valence-electron chi connectivity index (χ0n) is 19.8. The van der Waals surface area contributed by atoms with Crippen molar-refractivity contribution in [3.05, 3.63) is 81.7 Å². The van der Waals surface area contributed by atoms with E-state index in [1.165, 1.54) is 24.3 Å². The lowest BCUT2D eigenvalue weighted by molar-refractivity contribution is -0.139. The Kier molecular flexibility index (Phi) is 8.54. The number of ether oxygens (including phenoxy) is 1. The number of hydrogen-bond acceptors (Lipinski definition) is 9. The highest BCUT2D eigenvalue weighted by Crippen LogP contribution is 2.32. The highest BCUT2D eigenvalue weighted by molar-refractivity contribution is 7.87. The molecule has 13 heteroatoms. The van der Waals surface area contributed by atoms with E-state index in [-0.39, 0.29) is 28.4 Å². The fourth-order valence-corrected chi connectivity index (χ4v) is 5.62. The minimum absolute atomic E-state index is 0.0241. The summed E-state index contributed by atoms with van der Waals surface area (Å²) in [5, 5.41) is 3.58. The average Bonchev–Trinajstić information content (AvgIpc) is 2.81. The van der Waals surface area contributed by atoms with Gasteiger partial charge in [-0.25, -0.2) is 4.79 Å². The summed E-state index contributed by atoms with van der Waals surface area (Å²) < 4.78 is 67.5. The van der Waals surface area contributed by atoms with E-state index in [1.54, 1.807) is 45.0 Å². The summed E-state index contributed by atoms with van der Waals surface area (Å²) in [6, 6.07) is 10.2. The first-order chi connectivity index (χ1) is 17.0. The SMILES string of the molecule is CCOC(=O)C1=C[C@H](OS(=O)(=O)c2ccc(C)cc2)[C@H](N=[N+]=[N-])[C@H](OS(=O)(=O)c2ccc(C)cc2)C1. The van der Waals surface area contributed by atoms with Gasteiger partial charge in [-0.1, -0.05) is 40.5 Å². The van der Waals surface area contributed by atoms with Crippen molar-refractivity contribution in [3.8, 4) is 0 Å². The van der Waals surface area contributed by atoms with Crippen LogP contribution in [0.25, 0.3) is 10.4 Å². The molecule has 192 valence electrons. The van der Waals surface area contributed by atoms with Crippen LogP contribution in [-0.2, 0) is 38.1 Å². The lowest BCUT2D eigenvalue weighted by Crippen LogP contribution is -2.44. The lowest BCUT2D eigenvalue weighted by Gasteiger charge is -2.32. The summed E-state index contributed by atoms with van der Waals surface area (Å²) in [4.78, 5) is 14.9. The van der Waals surface area contributed by atoms with Crippen molar-refractivity contribution in [3.63, 3.8) is 0 Å². The third-order valence-electron chi connectivity index (χ3n) is 5.33. The third-order valence-corrected chi connectivity index (χ3v) is 8.01. The number of hydrogen-bond donors (Lipinski definition) is 0. The molecule has 0 radical (unpaired) electrons. The molecule has 0 fully saturated rings. The first-order valence-electron chi connectivity index (χ1n) is 10.9. The van der Waals surface area contributed by atoms with E-state index in [2.05, 4.69) is 10.0 Å². The van der Waals surface area contributed by atoms with Crippen LogP contribution in [0.15, 0.2) is 75.1 Å². The quantitative estimate of drug-likeness (QED) is 0.154. The number of carbonyl (C=O) groups is 1. The summed E-state index contributed by atoms with van der Waals surface area (Å²) in [7, 11) is -8.78. The van der Waals surface area contributed by atoms with Gasteiger partial charge in [0.15, 0.2) is 0 Å². The van der Waals surface area contributed by atoms with E-state index < -0.39 is 44.5 Å². The third kappa shape index (κ3) is 6.50. The number of esters is 1. The average molecular weight is 536 g/mol. The van der Waals surface area contributed by atoms with Crippen LogP contribution in [0.3, 0.4) is 0 Å². The highest BCUT2D eigenvalue weighted by atomic mass is 32.2. The van der Waals surface area contributed by atoms with E-state index in [4.69, 9.17) is 18.6 Å². The van der Waals surface area contributed by atoms with Crippen LogP contribution >= 0.6 is 0 Å². The molecular formula is C23H25N3O8S2. The molecule has 0 unspecified atom stereocenters. The monoisotopic (exact) mass is 535 g/mol. The van der Waals surface area contributed by atoms with Crippen molar-refractivity contribution in [1.29, 1.82) is 0 Å². The van der Waals surface area contributed by atoms with Gasteiger partial charge in [0, 0.05) is 16.9 Å². The Balaban J connectivity index is 2.02. The molecule has 0 amide bonds. The molecule has 2 aromatic rings. The predicted octanol–water partition coefficient (Wildman–Crippen LogP) is 3.72. The van der Waals surface area contributed by atoms with Gasteiger partial charge in [0.2, 0.25) is 0 Å². The maximum Gasteiger partial charge on any atom is 0.333 e. The Morgan fingerprint density at radius 2 is 1.44 bits per heavy atom. The molecule has 3 rings (SSSR count). The Hall–Kier alpha value is -3.22. The molecule has 0 N–H and O–H groups in total. The Bertz CT molecular complexity index is 1400. The van der Waals surface area contributed by atoms with E-state index in [0.29, 0.717) is 0 Å². The van der Waals surface area contributed by atoms with Crippen LogP contribution in [-0.4, -0.2) is 47.7 Å². The molecule has 0 spiro atoms. The van der Waals surface area contributed by atoms with Crippen LogP contribution in [0.2, 0.25) is 0 Å². The molecule has 0 aliphatic heterocycles. The Morgan fingerprint density at radius 1 is 0.944 bits per heavy atom. The van der Waals surface area contributed by atoms with Crippen molar-refractivity contribution in [2.24, 2.45) is 5.11 Å². The molecule has 0 saturated heterocycles. The van der Waals surface area contributed by atoms with Crippen LogP contribution in [0.4, 0.5) is 0 Å². The molecule has 1 aliphatic rings. The van der Waals surface area contributed by atoms with Crippen LogP contribution in [0.1, 0.15) is 24.5 Å². The van der Waals surface area contributed by atoms with E-state index in [9.17, 15) is 21.6 Å². The summed E-state index contributed by atoms with van der Waals surface area (Å²) in [6.45, 7) is 5.16. The predicted molar refractivity (Wildman–Crippen MR) is 129 cm³/mol. The van der Waals surface area contributed by atoms with Gasteiger partial charge in [0.05, 0.1) is 28.5 Å². The molecule has 2 aromatic carbocycles. The Morgan fingerprint density at radius 3 is 1.92 bits per heavy atom. The van der Waals surface area contributed by atoms with Crippen molar-refractivity contribution >= 4 is 26.2 Å². The van der Waals surface area contributed by atoms with Crippen molar-refractivity contribution in [2.75, 3.05) is 6.61 Å². The number of rotatable bonds is 9. The number of benzene rings is 2. The number of nitrogens with zero attached hydrogens (tertiary/aromatic N) is 3. The molecule has 0 bridgehead atoms. The van der Waals surface area contributed by atoms with Crippen molar-refractivity contribution in [1.82, 2.24) is 0 Å². The zero-order valence-corrected chi connectivity index (χ0v) is 21.4. The van der Waals surface area contributed by atoms with E-state index >= 15 is 0 Å². The normalized spacial score (nSPS) is 20.2. The van der Waals surface area contributed by atoms with Gasteiger partial charge in [-0.05, 0) is 56.6 Å². The van der Waals surface area contributed by atoms with E-state index in [1.807, 2.05) is 0 Å². The van der Waals surface area contributed by atoms with Gasteiger partial charge >= 0.3 is 5.97 Å². The molecule has 3 atom stereocenters. The second kappa shape index (κ2) is 11.2. The molecule has 0 saturated carbocycles. The largest absolute Gasteiger partial charge is 0.463 e. The summed E-state index contributed by atoms with van der Waals surface area (Å²) in [5.41, 5.74) is 10.7. The smallest absolute Gasteiger partial charge is 0.333 e. The minimum Gasteiger partial charge on any atom is -0.463 e. The second-order valence-electron chi connectivity index (χ2n) is 8.04. The highest BCUT2D eigenvalue weighted by Gasteiger charge is 2.41. The minimum atomic E-state index is -4.40. The number of azide groups is 1. The van der Waals surface area contributed by atoms with Crippen molar-refractivity contribution < 1.29 is 34.7 Å². The first-order valence-corrected chi connectivity index (χ1v) is 13.7. The topological polar surface area (TPSA) is 162 Å². The van der Waals surface area contributed by atoms with Crippen LogP contribution < -0.4 is 0 Å². The molecule has 11 nitrogen and oxygen atoms in total. The lowest BCUT2D eigenvalue weighted by atomic mass is 9.91. The molecule has 36 heavy (non-hydrogen) atoms. The maximum absolute atomic E-state index is 13.0. The van der Waals surface area contributed by atoms with Crippen molar-refractivity contribution in [2.45, 2.75) is 55.2 Å². The van der Waals surface area contributed by atoms with Crippen LogP contribution in [0.5, 0.6) is 0 Å². The van der Waals surface area contributed by atoms with Gasteiger partial charge in [-0.3, -0.25) is 8.37 Å². The second-order valence-corrected chi connectivity index (χ2v) is 11.2. The van der Waals surface area contributed by atoms with Gasteiger partial charge in [-0.2, -0.15) is 16.8 Å². The van der Waals surface area contributed by atoms with E-state index in [0.717, 1.165) is 17.2 Å². The molecule has 0 aromatic heterocycles. The number of aryl methyl sites for hydroxylation is 2. The summed E-state index contributed by atoms with van der Waals surface area (Å²) in [6.07, 6.45) is -2.16. The zero-order chi connectivity index (χ0) is 26.5. The van der Waals surface area contributed by atoms with Gasteiger partial charge in [-0.15, -0.1) is 0 Å². The molecule has 1 aliphatic carbocycles. The fraction of sp³-hybridized carbons (Fsp3) is 0.348. The number of carbonyl (C=O) groups excluding carboxylic acids is 1. The van der Waals surface area contributed by atoms with Gasteiger partial charge in [0.25, 0.3) is 20.2 Å². The standard InChI is InChI=1S/C23H25N3O8S2/c1-4-32-23(27)17-13-20(33-35(28,29)18-9-5-15(2)6-10-18)22(25-26-24)21(14-17)34-36(30,31)19-11-7-16(3)8-12-19/h5-13,20-22H,4,14H2,1-3H3/t20-,21+,22-/m0/s1. The van der Waals surface area contributed by atoms with Crippen LogP contribution in [0, 0.1) is 13.8 Å². The maximum atomic E-state index is 13.0.